The molecule has 1 amide bonds. The molecule has 0 saturated carbocycles. The molecule has 0 spiro atoms. The Morgan fingerprint density at radius 1 is 1.15 bits per heavy atom. The number of nitrogens with two attached hydrogens (primary N) is 1. The highest BCUT2D eigenvalue weighted by atomic mass is 16.3. The van der Waals surface area contributed by atoms with E-state index in [0.29, 0.717) is 13.1 Å². The van der Waals surface area contributed by atoms with Crippen LogP contribution in [0.25, 0.3) is 0 Å². The molecule has 20 heavy (non-hydrogen) atoms. The van der Waals surface area contributed by atoms with Gasteiger partial charge in [-0.3, -0.25) is 4.79 Å². The molecular formula is C15H20N2O3. The van der Waals surface area contributed by atoms with Crippen LogP contribution in [0.4, 0.5) is 0 Å². The van der Waals surface area contributed by atoms with Crippen molar-refractivity contribution in [3.8, 4) is 0 Å². The lowest BCUT2D eigenvalue weighted by atomic mass is 10.0. The van der Waals surface area contributed by atoms with Crippen molar-refractivity contribution >= 4 is 5.91 Å². The van der Waals surface area contributed by atoms with Gasteiger partial charge in [0.2, 0.25) is 5.91 Å². The first-order chi connectivity index (χ1) is 9.58. The summed E-state index contributed by atoms with van der Waals surface area (Å²) < 4.78 is 10.6. The number of nitrogens with zero attached hydrogens (tertiary/aromatic N) is 1. The van der Waals surface area contributed by atoms with Crippen LogP contribution in [0.5, 0.6) is 0 Å². The van der Waals surface area contributed by atoms with Crippen LogP contribution in [0, 0.1) is 5.92 Å². The first-order valence-corrected chi connectivity index (χ1v) is 6.67. The van der Waals surface area contributed by atoms with Crippen LogP contribution in [0.3, 0.4) is 0 Å². The van der Waals surface area contributed by atoms with E-state index in [1.54, 1.807) is 29.6 Å². The second kappa shape index (κ2) is 6.43. The maximum atomic E-state index is 12.5. The summed E-state index contributed by atoms with van der Waals surface area (Å²) >= 11 is 0. The minimum absolute atomic E-state index is 0.0817. The van der Waals surface area contributed by atoms with E-state index in [0.717, 1.165) is 11.5 Å². The zero-order chi connectivity index (χ0) is 14.5. The van der Waals surface area contributed by atoms with Crippen molar-refractivity contribution in [3.05, 3.63) is 48.3 Å². The predicted octanol–water partition coefficient (Wildman–Crippen LogP) is 2.38. The molecule has 2 heterocycles. The molecule has 5 nitrogen and oxygen atoms in total. The maximum Gasteiger partial charge on any atom is 0.240 e. The van der Waals surface area contributed by atoms with Crippen molar-refractivity contribution < 1.29 is 13.6 Å². The number of carbonyl (C=O) groups excluding carboxylic acids is 1. The third kappa shape index (κ3) is 3.51. The average Bonchev–Trinajstić information content (AvgIpc) is 3.09. The molecule has 0 bridgehead atoms. The molecular weight excluding hydrogens is 256 g/mol. The highest BCUT2D eigenvalue weighted by molar-refractivity contribution is 5.81. The molecule has 2 aromatic heterocycles. The van der Waals surface area contributed by atoms with Gasteiger partial charge in [-0.15, -0.1) is 0 Å². The van der Waals surface area contributed by atoms with E-state index in [1.807, 2.05) is 26.0 Å². The Kier molecular flexibility index (Phi) is 4.63. The van der Waals surface area contributed by atoms with Crippen LogP contribution in [-0.2, 0) is 17.9 Å². The summed E-state index contributed by atoms with van der Waals surface area (Å²) in [5.41, 5.74) is 5.97. The van der Waals surface area contributed by atoms with Crippen LogP contribution < -0.4 is 5.73 Å². The zero-order valence-electron chi connectivity index (χ0n) is 11.8. The van der Waals surface area contributed by atoms with Gasteiger partial charge >= 0.3 is 0 Å². The molecule has 0 aliphatic heterocycles. The first-order valence-electron chi connectivity index (χ1n) is 6.67. The van der Waals surface area contributed by atoms with Crippen LogP contribution >= 0.6 is 0 Å². The first kappa shape index (κ1) is 14.4. The highest BCUT2D eigenvalue weighted by Gasteiger charge is 2.25. The topological polar surface area (TPSA) is 72.6 Å². The van der Waals surface area contributed by atoms with Gasteiger partial charge < -0.3 is 19.5 Å². The summed E-state index contributed by atoms with van der Waals surface area (Å²) in [4.78, 5) is 14.1. The number of rotatable bonds is 6. The fraction of sp³-hybridized carbons (Fsp3) is 0.400. The van der Waals surface area contributed by atoms with Crippen LogP contribution in [0.15, 0.2) is 45.6 Å². The monoisotopic (exact) mass is 276 g/mol. The van der Waals surface area contributed by atoms with Crippen LogP contribution in [0.1, 0.15) is 25.4 Å². The third-order valence-electron chi connectivity index (χ3n) is 3.17. The van der Waals surface area contributed by atoms with Crippen molar-refractivity contribution in [2.45, 2.75) is 33.0 Å². The molecule has 5 heteroatoms. The van der Waals surface area contributed by atoms with E-state index in [4.69, 9.17) is 14.6 Å². The molecule has 0 aliphatic rings. The molecule has 0 aromatic carbocycles. The molecule has 0 saturated heterocycles. The molecule has 2 aromatic rings. The summed E-state index contributed by atoms with van der Waals surface area (Å²) in [6.45, 7) is 4.63. The number of hydrogen-bond donors (Lipinski definition) is 1. The summed E-state index contributed by atoms with van der Waals surface area (Å²) in [5.74, 6) is 1.42. The molecule has 0 aliphatic carbocycles. The lowest BCUT2D eigenvalue weighted by Crippen LogP contribution is -2.45. The van der Waals surface area contributed by atoms with Crippen molar-refractivity contribution in [1.29, 1.82) is 0 Å². The van der Waals surface area contributed by atoms with E-state index in [-0.39, 0.29) is 11.8 Å². The van der Waals surface area contributed by atoms with Crippen LogP contribution in [-0.4, -0.2) is 16.8 Å². The maximum absolute atomic E-state index is 12.5. The summed E-state index contributed by atoms with van der Waals surface area (Å²) in [7, 11) is 0. The van der Waals surface area contributed by atoms with Gasteiger partial charge in [0.15, 0.2) is 0 Å². The number of amides is 1. The van der Waals surface area contributed by atoms with Gasteiger partial charge in [-0.25, -0.2) is 0 Å². The van der Waals surface area contributed by atoms with Gasteiger partial charge in [-0.2, -0.15) is 0 Å². The lowest BCUT2D eigenvalue weighted by molar-refractivity contribution is -0.135. The fourth-order valence-corrected chi connectivity index (χ4v) is 1.89. The second-order valence-corrected chi connectivity index (χ2v) is 5.12. The molecule has 1 atom stereocenters. The molecule has 2 rings (SSSR count). The van der Waals surface area contributed by atoms with Gasteiger partial charge in [0.25, 0.3) is 0 Å². The predicted molar refractivity (Wildman–Crippen MR) is 74.5 cm³/mol. The van der Waals surface area contributed by atoms with Gasteiger partial charge in [-0.05, 0) is 30.2 Å². The Balaban J connectivity index is 2.12. The Labute approximate surface area is 118 Å². The third-order valence-corrected chi connectivity index (χ3v) is 3.17. The largest absolute Gasteiger partial charge is 0.467 e. The summed E-state index contributed by atoms with van der Waals surface area (Å²) in [5, 5.41) is 0. The highest BCUT2D eigenvalue weighted by Crippen LogP contribution is 2.14. The number of furan rings is 2. The lowest BCUT2D eigenvalue weighted by Gasteiger charge is -2.25. The van der Waals surface area contributed by atoms with Gasteiger partial charge in [0.1, 0.15) is 11.5 Å². The quantitative estimate of drug-likeness (QED) is 0.879. The molecule has 108 valence electrons. The standard InChI is InChI=1S/C15H20N2O3/c1-11(2)14(16)15(18)17(9-12-5-3-7-19-12)10-13-6-4-8-20-13/h3-8,11,14H,9-10,16H2,1-2H3/t14-/m0/s1. The molecule has 0 fully saturated rings. The Hall–Kier alpha value is -2.01. The van der Waals surface area contributed by atoms with Crippen molar-refractivity contribution in [3.63, 3.8) is 0 Å². The summed E-state index contributed by atoms with van der Waals surface area (Å²) in [6.07, 6.45) is 3.18. The minimum Gasteiger partial charge on any atom is -0.467 e. The summed E-state index contributed by atoms with van der Waals surface area (Å²) in [6, 6.07) is 6.74. The number of carbonyl (C=O) groups is 1. The second-order valence-electron chi connectivity index (χ2n) is 5.12. The van der Waals surface area contributed by atoms with Gasteiger partial charge in [0, 0.05) is 0 Å². The molecule has 0 radical (unpaired) electrons. The molecule has 2 N–H and O–H groups in total. The van der Waals surface area contributed by atoms with Gasteiger partial charge in [0.05, 0.1) is 31.7 Å². The normalized spacial score (nSPS) is 12.6. The van der Waals surface area contributed by atoms with E-state index >= 15 is 0 Å². The minimum atomic E-state index is -0.528. The van der Waals surface area contributed by atoms with E-state index in [9.17, 15) is 4.79 Å². The van der Waals surface area contributed by atoms with Crippen molar-refractivity contribution in [2.75, 3.05) is 0 Å². The van der Waals surface area contributed by atoms with Crippen LogP contribution in [0.2, 0.25) is 0 Å². The van der Waals surface area contributed by atoms with Crippen molar-refractivity contribution in [2.24, 2.45) is 11.7 Å². The molecule has 0 unspecified atom stereocenters. The number of hydrogen-bond acceptors (Lipinski definition) is 4. The Morgan fingerprint density at radius 2 is 1.65 bits per heavy atom. The smallest absolute Gasteiger partial charge is 0.240 e. The zero-order valence-corrected chi connectivity index (χ0v) is 11.8. The van der Waals surface area contributed by atoms with Gasteiger partial charge in [-0.1, -0.05) is 13.8 Å². The Bertz CT molecular complexity index is 481. The Morgan fingerprint density at radius 3 is 2.00 bits per heavy atom. The fourth-order valence-electron chi connectivity index (χ4n) is 1.89. The SMILES string of the molecule is CC(C)[C@H](N)C(=O)N(Cc1ccco1)Cc1ccco1. The van der Waals surface area contributed by atoms with E-state index in [1.165, 1.54) is 0 Å². The van der Waals surface area contributed by atoms with E-state index in [2.05, 4.69) is 0 Å². The van der Waals surface area contributed by atoms with E-state index < -0.39 is 6.04 Å². The van der Waals surface area contributed by atoms with Crippen molar-refractivity contribution in [1.82, 2.24) is 4.90 Å². The average molecular weight is 276 g/mol.